The number of para-hydroxylation sites is 1. The van der Waals surface area contributed by atoms with E-state index in [1.54, 1.807) is 19.2 Å². The molecule has 1 atom stereocenters. The summed E-state index contributed by atoms with van der Waals surface area (Å²) in [5.74, 6) is 0.922. The minimum Gasteiger partial charge on any atom is -0.496 e. The topological polar surface area (TPSA) is 9.23 Å². The molecule has 0 bridgehead atoms. The molecule has 0 fully saturated rings. The van der Waals surface area contributed by atoms with Crippen LogP contribution in [0, 0.1) is 11.7 Å². The van der Waals surface area contributed by atoms with Gasteiger partial charge in [-0.25, -0.2) is 4.39 Å². The van der Waals surface area contributed by atoms with Gasteiger partial charge in [-0.2, -0.15) is 0 Å². The molecule has 0 aliphatic heterocycles. The third kappa shape index (κ3) is 4.45. The van der Waals surface area contributed by atoms with E-state index in [9.17, 15) is 4.39 Å². The molecular weight excluding hydrogens is 355 g/mol. The minimum atomic E-state index is -0.242. The van der Waals surface area contributed by atoms with Gasteiger partial charge in [-0.3, -0.25) is 0 Å². The molecule has 0 aliphatic carbocycles. The van der Waals surface area contributed by atoms with E-state index in [0.29, 0.717) is 17.0 Å². The molecule has 0 heterocycles. The van der Waals surface area contributed by atoms with Crippen molar-refractivity contribution in [1.82, 2.24) is 0 Å². The van der Waals surface area contributed by atoms with E-state index in [1.807, 2.05) is 24.3 Å². The van der Waals surface area contributed by atoms with Crippen LogP contribution >= 0.6 is 27.5 Å². The first kappa shape index (κ1) is 16.3. The SMILES string of the molecule is COc1ccccc1CC(CBr)Cc1ccc(Cl)cc1F. The Morgan fingerprint density at radius 3 is 2.52 bits per heavy atom. The highest BCUT2D eigenvalue weighted by Gasteiger charge is 2.14. The summed E-state index contributed by atoms with van der Waals surface area (Å²) in [7, 11) is 1.67. The molecule has 4 heteroatoms. The standard InChI is InChI=1S/C17H17BrClFO/c1-21-17-5-3-2-4-14(17)9-12(11-18)8-13-6-7-15(19)10-16(13)20/h2-7,10,12H,8-9,11H2,1H3. The highest BCUT2D eigenvalue weighted by atomic mass is 79.9. The lowest BCUT2D eigenvalue weighted by molar-refractivity contribution is 0.405. The number of ether oxygens (including phenoxy) is 1. The van der Waals surface area contributed by atoms with Crippen LogP contribution in [-0.2, 0) is 12.8 Å². The van der Waals surface area contributed by atoms with Gasteiger partial charge in [0.25, 0.3) is 0 Å². The summed E-state index contributed by atoms with van der Waals surface area (Å²) < 4.78 is 19.3. The number of rotatable bonds is 6. The molecule has 21 heavy (non-hydrogen) atoms. The minimum absolute atomic E-state index is 0.242. The Morgan fingerprint density at radius 1 is 1.14 bits per heavy atom. The van der Waals surface area contributed by atoms with Crippen molar-refractivity contribution in [2.75, 3.05) is 12.4 Å². The normalized spacial score (nSPS) is 12.2. The molecule has 1 nitrogen and oxygen atoms in total. The van der Waals surface area contributed by atoms with Gasteiger partial charge in [0.15, 0.2) is 0 Å². The molecule has 0 aliphatic rings. The number of hydrogen-bond donors (Lipinski definition) is 0. The fraction of sp³-hybridized carbons (Fsp3) is 0.294. The lowest BCUT2D eigenvalue weighted by atomic mass is 9.93. The Balaban J connectivity index is 2.13. The van der Waals surface area contributed by atoms with Gasteiger partial charge >= 0.3 is 0 Å². The van der Waals surface area contributed by atoms with Crippen LogP contribution in [0.15, 0.2) is 42.5 Å². The van der Waals surface area contributed by atoms with Gasteiger partial charge in [0.2, 0.25) is 0 Å². The van der Waals surface area contributed by atoms with Gasteiger partial charge < -0.3 is 4.74 Å². The van der Waals surface area contributed by atoms with Crippen molar-refractivity contribution in [3.05, 3.63) is 64.4 Å². The van der Waals surface area contributed by atoms with E-state index in [4.69, 9.17) is 16.3 Å². The predicted molar refractivity (Wildman–Crippen MR) is 89.1 cm³/mol. The molecule has 2 aromatic rings. The van der Waals surface area contributed by atoms with Gasteiger partial charge in [0.1, 0.15) is 11.6 Å². The van der Waals surface area contributed by atoms with E-state index in [2.05, 4.69) is 15.9 Å². The highest BCUT2D eigenvalue weighted by Crippen LogP contribution is 2.25. The zero-order valence-corrected chi connectivity index (χ0v) is 14.1. The van der Waals surface area contributed by atoms with Crippen molar-refractivity contribution in [3.63, 3.8) is 0 Å². The summed E-state index contributed by atoms with van der Waals surface area (Å²) >= 11 is 9.32. The third-order valence-corrected chi connectivity index (χ3v) is 4.59. The number of halogens is 3. The Bertz CT molecular complexity index is 603. The second-order valence-electron chi connectivity index (χ2n) is 4.98. The highest BCUT2D eigenvalue weighted by molar-refractivity contribution is 9.09. The first-order valence-electron chi connectivity index (χ1n) is 6.75. The first-order valence-corrected chi connectivity index (χ1v) is 8.25. The molecule has 1 unspecified atom stereocenters. The van der Waals surface area contributed by atoms with Crippen molar-refractivity contribution in [2.24, 2.45) is 5.92 Å². The maximum Gasteiger partial charge on any atom is 0.127 e. The Hall–Kier alpha value is -1.06. The van der Waals surface area contributed by atoms with E-state index in [1.165, 1.54) is 6.07 Å². The van der Waals surface area contributed by atoms with Crippen molar-refractivity contribution in [1.29, 1.82) is 0 Å². The fourth-order valence-electron chi connectivity index (χ4n) is 2.36. The smallest absolute Gasteiger partial charge is 0.127 e. The van der Waals surface area contributed by atoms with Crippen LogP contribution in [0.25, 0.3) is 0 Å². The second kappa shape index (κ2) is 7.81. The van der Waals surface area contributed by atoms with Crippen LogP contribution in [0.5, 0.6) is 5.75 Å². The van der Waals surface area contributed by atoms with Gasteiger partial charge in [0.05, 0.1) is 7.11 Å². The van der Waals surface area contributed by atoms with Gasteiger partial charge in [-0.15, -0.1) is 0 Å². The quantitative estimate of drug-likeness (QED) is 0.627. The largest absolute Gasteiger partial charge is 0.496 e. The fourth-order valence-corrected chi connectivity index (χ4v) is 2.98. The maximum absolute atomic E-state index is 13.9. The van der Waals surface area contributed by atoms with Crippen LogP contribution < -0.4 is 4.74 Å². The summed E-state index contributed by atoms with van der Waals surface area (Å²) in [6, 6.07) is 12.8. The number of benzene rings is 2. The Labute approximate surface area is 138 Å². The van der Waals surface area contributed by atoms with Crippen LogP contribution in [0.3, 0.4) is 0 Å². The lowest BCUT2D eigenvalue weighted by Crippen LogP contribution is -2.11. The Morgan fingerprint density at radius 2 is 1.86 bits per heavy atom. The zero-order valence-electron chi connectivity index (χ0n) is 11.8. The van der Waals surface area contributed by atoms with Crippen LogP contribution in [0.2, 0.25) is 5.02 Å². The molecule has 0 saturated heterocycles. The zero-order chi connectivity index (χ0) is 15.2. The molecule has 112 valence electrons. The third-order valence-electron chi connectivity index (χ3n) is 3.44. The number of methoxy groups -OCH3 is 1. The summed E-state index contributed by atoms with van der Waals surface area (Å²) in [5.41, 5.74) is 1.83. The summed E-state index contributed by atoms with van der Waals surface area (Å²) in [5, 5.41) is 1.23. The van der Waals surface area contributed by atoms with Crippen LogP contribution in [0.1, 0.15) is 11.1 Å². The van der Waals surface area contributed by atoms with E-state index in [0.717, 1.165) is 23.1 Å². The van der Waals surface area contributed by atoms with Crippen molar-refractivity contribution in [2.45, 2.75) is 12.8 Å². The summed E-state index contributed by atoms with van der Waals surface area (Å²) in [6.07, 6.45) is 1.49. The van der Waals surface area contributed by atoms with Gasteiger partial charge in [-0.1, -0.05) is 51.8 Å². The molecular formula is C17H17BrClFO. The van der Waals surface area contributed by atoms with Gasteiger partial charge in [0, 0.05) is 10.4 Å². The summed E-state index contributed by atoms with van der Waals surface area (Å²) in [6.45, 7) is 0. The predicted octanol–water partition coefficient (Wildman–Crippen LogP) is 5.28. The van der Waals surface area contributed by atoms with Crippen molar-refractivity contribution < 1.29 is 9.13 Å². The van der Waals surface area contributed by atoms with Crippen LogP contribution in [0.4, 0.5) is 4.39 Å². The van der Waals surface area contributed by atoms with Gasteiger partial charge in [-0.05, 0) is 48.1 Å². The molecule has 0 radical (unpaired) electrons. The average Bonchev–Trinajstić information content (AvgIpc) is 2.49. The van der Waals surface area contributed by atoms with Crippen molar-refractivity contribution >= 4 is 27.5 Å². The molecule has 0 N–H and O–H groups in total. The molecule has 0 aromatic heterocycles. The molecule has 0 amide bonds. The molecule has 0 saturated carbocycles. The monoisotopic (exact) mass is 370 g/mol. The summed E-state index contributed by atoms with van der Waals surface area (Å²) in [4.78, 5) is 0. The first-order chi connectivity index (χ1) is 10.1. The molecule has 2 aromatic carbocycles. The van der Waals surface area contributed by atoms with E-state index in [-0.39, 0.29) is 11.7 Å². The van der Waals surface area contributed by atoms with E-state index >= 15 is 0 Å². The maximum atomic E-state index is 13.9. The Kier molecular flexibility index (Phi) is 6.07. The molecule has 2 rings (SSSR count). The van der Waals surface area contributed by atoms with Crippen LogP contribution in [-0.4, -0.2) is 12.4 Å². The number of alkyl halides is 1. The van der Waals surface area contributed by atoms with Crippen molar-refractivity contribution in [3.8, 4) is 5.75 Å². The second-order valence-corrected chi connectivity index (χ2v) is 6.06. The number of hydrogen-bond acceptors (Lipinski definition) is 1. The van der Waals surface area contributed by atoms with E-state index < -0.39 is 0 Å². The average molecular weight is 372 g/mol. The lowest BCUT2D eigenvalue weighted by Gasteiger charge is -2.16. The molecule has 0 spiro atoms.